The molecule has 4 atom stereocenters. The van der Waals surface area contributed by atoms with Crippen LogP contribution >= 0.6 is 23.1 Å². The average Bonchev–Trinajstić information content (AvgIpc) is 3.40. The van der Waals surface area contributed by atoms with Crippen molar-refractivity contribution in [3.63, 3.8) is 0 Å². The molecule has 1 amide bonds. The Morgan fingerprint density at radius 3 is 2.79 bits per heavy atom. The van der Waals surface area contributed by atoms with E-state index in [4.69, 9.17) is 4.74 Å². The molecule has 0 bridgehead atoms. The first-order valence-corrected chi connectivity index (χ1v) is 13.0. The predicted octanol–water partition coefficient (Wildman–Crippen LogP) is 2.72. The SMILES string of the molecule is COc1cccc(C[n+]2cn3cc(C4=C(C(=O)O)N5C(=O)[C@H]([C@@H](C)O)[C@H]5[C@H]4C)sc3c2SC)c1. The first-order valence-electron chi connectivity index (χ1n) is 11.0. The number of fused-ring (bicyclic) bond motifs is 2. The molecule has 0 aliphatic carbocycles. The number of β-lactam (4-membered cyclic amide) rings is 1. The van der Waals surface area contributed by atoms with Crippen molar-refractivity contribution in [3.8, 4) is 5.75 Å². The van der Waals surface area contributed by atoms with Gasteiger partial charge in [-0.3, -0.25) is 4.79 Å². The van der Waals surface area contributed by atoms with Crippen LogP contribution in [0.1, 0.15) is 24.3 Å². The number of aliphatic carboxylic acids is 1. The number of imidazole rings is 1. The second-order valence-electron chi connectivity index (χ2n) is 8.73. The van der Waals surface area contributed by atoms with Crippen LogP contribution in [-0.4, -0.2) is 56.9 Å². The number of amides is 1. The number of hydrogen-bond acceptors (Lipinski definition) is 6. The fraction of sp³-hybridized carbons (Fsp3) is 0.375. The van der Waals surface area contributed by atoms with Crippen LogP contribution in [0.15, 0.2) is 47.5 Å². The van der Waals surface area contributed by atoms with Crippen LogP contribution in [0.4, 0.5) is 0 Å². The van der Waals surface area contributed by atoms with Gasteiger partial charge in [0.1, 0.15) is 24.2 Å². The molecule has 2 N–H and O–H groups in total. The van der Waals surface area contributed by atoms with Gasteiger partial charge in [-0.2, -0.15) is 4.40 Å². The number of carbonyl (C=O) groups is 2. The van der Waals surface area contributed by atoms with Crippen LogP contribution in [0.25, 0.3) is 10.4 Å². The van der Waals surface area contributed by atoms with Gasteiger partial charge in [0.15, 0.2) is 0 Å². The number of thiazole rings is 1. The zero-order valence-corrected chi connectivity index (χ0v) is 20.9. The maximum absolute atomic E-state index is 12.7. The first-order chi connectivity index (χ1) is 16.3. The van der Waals surface area contributed by atoms with Gasteiger partial charge in [0.2, 0.25) is 15.8 Å². The minimum atomic E-state index is -1.11. The van der Waals surface area contributed by atoms with Crippen molar-refractivity contribution in [3.05, 3.63) is 52.9 Å². The highest BCUT2D eigenvalue weighted by Gasteiger charge is 2.60. The van der Waals surface area contributed by atoms with Gasteiger partial charge in [-0.05, 0) is 30.9 Å². The monoisotopic (exact) mass is 500 g/mol. The minimum absolute atomic E-state index is 0.0406. The molecule has 10 heteroatoms. The zero-order valence-electron chi connectivity index (χ0n) is 19.3. The van der Waals surface area contributed by atoms with E-state index in [2.05, 4.69) is 10.6 Å². The van der Waals surface area contributed by atoms with Crippen molar-refractivity contribution in [2.24, 2.45) is 11.8 Å². The quantitative estimate of drug-likeness (QED) is 0.294. The fourth-order valence-corrected chi connectivity index (χ4v) is 7.41. The van der Waals surface area contributed by atoms with Crippen LogP contribution in [0.3, 0.4) is 0 Å². The van der Waals surface area contributed by atoms with E-state index in [1.54, 1.807) is 25.8 Å². The van der Waals surface area contributed by atoms with Crippen LogP contribution in [0, 0.1) is 11.8 Å². The number of aromatic nitrogens is 2. The van der Waals surface area contributed by atoms with Gasteiger partial charge in [-0.25, -0.2) is 9.36 Å². The van der Waals surface area contributed by atoms with E-state index in [9.17, 15) is 19.8 Å². The largest absolute Gasteiger partial charge is 0.497 e. The summed E-state index contributed by atoms with van der Waals surface area (Å²) in [6.45, 7) is 4.21. The molecule has 2 aliphatic rings. The molecular formula is C24H26N3O5S2+. The molecule has 0 spiro atoms. The number of benzene rings is 1. The normalized spacial score (nSPS) is 22.8. The molecule has 178 valence electrons. The number of aliphatic hydroxyl groups is 1. The van der Waals surface area contributed by atoms with Crippen molar-refractivity contribution in [2.45, 2.75) is 37.6 Å². The molecule has 5 rings (SSSR count). The molecule has 1 aromatic carbocycles. The van der Waals surface area contributed by atoms with Crippen LogP contribution in [0.5, 0.6) is 5.75 Å². The lowest BCUT2D eigenvalue weighted by Crippen LogP contribution is -2.63. The molecule has 2 aliphatic heterocycles. The Hall–Kier alpha value is -2.82. The van der Waals surface area contributed by atoms with Gasteiger partial charge in [0.25, 0.3) is 6.33 Å². The summed E-state index contributed by atoms with van der Waals surface area (Å²) < 4.78 is 9.53. The number of aliphatic hydroxyl groups excluding tert-OH is 1. The van der Waals surface area contributed by atoms with Crippen LogP contribution in [0.2, 0.25) is 0 Å². The van der Waals surface area contributed by atoms with Gasteiger partial charge in [0.05, 0.1) is 30.1 Å². The number of rotatable bonds is 7. The third-order valence-corrected chi connectivity index (χ3v) is 8.81. The maximum Gasteiger partial charge on any atom is 0.352 e. The molecule has 0 saturated carbocycles. The summed E-state index contributed by atoms with van der Waals surface area (Å²) in [5.41, 5.74) is 1.82. The molecule has 1 saturated heterocycles. The lowest BCUT2D eigenvalue weighted by molar-refractivity contribution is -0.721. The Morgan fingerprint density at radius 1 is 1.38 bits per heavy atom. The first kappa shape index (κ1) is 22.9. The number of hydrogen-bond donors (Lipinski definition) is 2. The van der Waals surface area contributed by atoms with Gasteiger partial charge < -0.3 is 19.8 Å². The van der Waals surface area contributed by atoms with Crippen molar-refractivity contribution >= 4 is 45.4 Å². The van der Waals surface area contributed by atoms with E-state index < -0.39 is 18.0 Å². The lowest BCUT2D eigenvalue weighted by Gasteiger charge is -2.46. The lowest BCUT2D eigenvalue weighted by atomic mass is 9.77. The van der Waals surface area contributed by atoms with Gasteiger partial charge in [-0.15, -0.1) is 0 Å². The number of carbonyl (C=O) groups excluding carboxylic acids is 1. The van der Waals surface area contributed by atoms with E-state index in [1.165, 1.54) is 16.2 Å². The number of methoxy groups -OCH3 is 1. The van der Waals surface area contributed by atoms with Crippen molar-refractivity contribution < 1.29 is 29.1 Å². The Labute approximate surface area is 205 Å². The standard InChI is InChI=1S/C24H25N3O5S2/c1-12-17(20(24(30)31)27-19(12)18(13(2)28)21(27)29)16-10-26-11-25(22(33-4)23(26)34-16)9-14-6-5-7-15(8-14)32-3/h5-8,10-13,18-19,28H,9H2,1-4H3/p+1/t12-,13+,18+,19+/m0/s1. The third kappa shape index (κ3) is 3.35. The molecule has 4 heterocycles. The molecule has 0 unspecified atom stereocenters. The highest BCUT2D eigenvalue weighted by Crippen LogP contribution is 2.51. The summed E-state index contributed by atoms with van der Waals surface area (Å²) in [6, 6.07) is 7.63. The highest BCUT2D eigenvalue weighted by atomic mass is 32.2. The van der Waals surface area contributed by atoms with Gasteiger partial charge in [-0.1, -0.05) is 42.2 Å². The number of carboxylic acids is 1. The van der Waals surface area contributed by atoms with E-state index in [1.807, 2.05) is 48.3 Å². The summed E-state index contributed by atoms with van der Waals surface area (Å²) in [5.74, 6) is -1.38. The van der Waals surface area contributed by atoms with Crippen molar-refractivity contribution in [1.82, 2.24) is 9.30 Å². The van der Waals surface area contributed by atoms with Crippen molar-refractivity contribution in [1.29, 1.82) is 0 Å². The summed E-state index contributed by atoms with van der Waals surface area (Å²) in [5, 5.41) is 21.1. The summed E-state index contributed by atoms with van der Waals surface area (Å²) >= 11 is 3.16. The average molecular weight is 501 g/mol. The topological polar surface area (TPSA) is 95.4 Å². The van der Waals surface area contributed by atoms with E-state index in [0.29, 0.717) is 12.1 Å². The molecule has 2 aromatic heterocycles. The molecule has 1 fully saturated rings. The highest BCUT2D eigenvalue weighted by molar-refractivity contribution is 7.98. The van der Waals surface area contributed by atoms with Gasteiger partial charge >= 0.3 is 5.97 Å². The third-order valence-electron chi connectivity index (χ3n) is 6.73. The molecule has 34 heavy (non-hydrogen) atoms. The molecular weight excluding hydrogens is 474 g/mol. The Bertz CT molecular complexity index is 1340. The summed E-state index contributed by atoms with van der Waals surface area (Å²) in [7, 11) is 1.65. The minimum Gasteiger partial charge on any atom is -0.497 e. The molecule has 8 nitrogen and oxygen atoms in total. The number of carboxylic acid groups (broad SMARTS) is 1. The fourth-order valence-electron chi connectivity index (χ4n) is 5.24. The number of thioether (sulfide) groups is 1. The Balaban J connectivity index is 1.54. The Kier molecular flexibility index (Phi) is 5.70. The van der Waals surface area contributed by atoms with E-state index >= 15 is 0 Å². The molecule has 3 aromatic rings. The van der Waals surface area contributed by atoms with Crippen molar-refractivity contribution in [2.75, 3.05) is 13.4 Å². The summed E-state index contributed by atoms with van der Waals surface area (Å²) in [6.07, 6.45) is 5.17. The Morgan fingerprint density at radius 2 is 2.15 bits per heavy atom. The second kappa shape index (κ2) is 8.44. The van der Waals surface area contributed by atoms with Crippen LogP contribution < -0.4 is 9.30 Å². The smallest absolute Gasteiger partial charge is 0.352 e. The number of nitrogens with zero attached hydrogens (tertiary/aromatic N) is 3. The van der Waals surface area contributed by atoms with Crippen LogP contribution in [-0.2, 0) is 16.1 Å². The molecule has 0 radical (unpaired) electrons. The number of ether oxygens (including phenoxy) is 1. The van der Waals surface area contributed by atoms with E-state index in [0.717, 1.165) is 26.0 Å². The maximum atomic E-state index is 12.7. The van der Waals surface area contributed by atoms with Gasteiger partial charge in [0, 0.05) is 11.5 Å². The second-order valence-corrected chi connectivity index (χ2v) is 10.6. The summed E-state index contributed by atoms with van der Waals surface area (Å²) in [4.78, 5) is 28.1. The van der Waals surface area contributed by atoms with E-state index in [-0.39, 0.29) is 23.6 Å². The predicted molar refractivity (Wildman–Crippen MR) is 129 cm³/mol. The zero-order chi connectivity index (χ0) is 24.3.